The first-order valence-electron chi connectivity index (χ1n) is 9.59. The van der Waals surface area contributed by atoms with E-state index in [1.54, 1.807) is 17.1 Å². The van der Waals surface area contributed by atoms with E-state index < -0.39 is 0 Å². The van der Waals surface area contributed by atoms with Crippen LogP contribution in [-0.4, -0.2) is 22.9 Å². The zero-order valence-corrected chi connectivity index (χ0v) is 16.1. The standard InChI is InChI=1S/C15H25NO.C5H10N4/c1-2-3-4-5-6-7-12-17-15-10-8-14(13-16)9-11-15;6-1-2-9-4-5(7)3-8-9/h8-11H,2-7,12-13,16H2,1H3;3-4H,1-2,6-7H2. The lowest BCUT2D eigenvalue weighted by Gasteiger charge is -2.06. The summed E-state index contributed by atoms with van der Waals surface area (Å²) in [5, 5.41) is 3.92. The summed E-state index contributed by atoms with van der Waals surface area (Å²) < 4.78 is 7.39. The van der Waals surface area contributed by atoms with Crippen molar-refractivity contribution in [3.05, 3.63) is 42.2 Å². The Morgan fingerprint density at radius 1 is 1.00 bits per heavy atom. The predicted octanol–water partition coefficient (Wildman–Crippen LogP) is 3.31. The first-order chi connectivity index (χ1) is 12.7. The monoisotopic (exact) mass is 361 g/mol. The second-order valence-electron chi connectivity index (χ2n) is 6.29. The van der Waals surface area contributed by atoms with E-state index in [1.165, 1.54) is 32.1 Å². The molecular weight excluding hydrogens is 326 g/mol. The van der Waals surface area contributed by atoms with Gasteiger partial charge in [0.1, 0.15) is 5.75 Å². The summed E-state index contributed by atoms with van der Waals surface area (Å²) >= 11 is 0. The van der Waals surface area contributed by atoms with Gasteiger partial charge in [0, 0.05) is 19.3 Å². The predicted molar refractivity (Wildman–Crippen MR) is 109 cm³/mol. The Morgan fingerprint density at radius 3 is 2.27 bits per heavy atom. The fraction of sp³-hybridized carbons (Fsp3) is 0.550. The molecule has 0 aliphatic carbocycles. The van der Waals surface area contributed by atoms with E-state index in [-0.39, 0.29) is 0 Å². The van der Waals surface area contributed by atoms with Gasteiger partial charge < -0.3 is 21.9 Å². The van der Waals surface area contributed by atoms with Crippen LogP contribution in [0.15, 0.2) is 36.7 Å². The third-order valence-corrected chi connectivity index (χ3v) is 3.94. The molecule has 0 fully saturated rings. The van der Waals surface area contributed by atoms with Crippen LogP contribution in [0.3, 0.4) is 0 Å². The summed E-state index contributed by atoms with van der Waals surface area (Å²) in [5.41, 5.74) is 18.0. The molecule has 0 saturated heterocycles. The van der Waals surface area contributed by atoms with E-state index in [0.717, 1.165) is 30.9 Å². The van der Waals surface area contributed by atoms with Crippen LogP contribution < -0.4 is 21.9 Å². The minimum absolute atomic E-state index is 0.595. The number of nitrogens with two attached hydrogens (primary N) is 3. The molecule has 0 amide bonds. The van der Waals surface area contributed by atoms with Crippen molar-refractivity contribution in [1.29, 1.82) is 0 Å². The number of rotatable bonds is 11. The molecule has 6 heteroatoms. The summed E-state index contributed by atoms with van der Waals surface area (Å²) in [6, 6.07) is 8.05. The maximum absolute atomic E-state index is 5.67. The summed E-state index contributed by atoms with van der Waals surface area (Å²) in [5.74, 6) is 0.954. The maximum Gasteiger partial charge on any atom is 0.119 e. The molecule has 2 rings (SSSR count). The largest absolute Gasteiger partial charge is 0.494 e. The van der Waals surface area contributed by atoms with E-state index in [4.69, 9.17) is 21.9 Å². The Kier molecular flexibility index (Phi) is 12.0. The SMILES string of the molecule is CCCCCCCCOc1ccc(CN)cc1.NCCn1cc(N)cn1. The van der Waals surface area contributed by atoms with Crippen molar-refractivity contribution in [3.8, 4) is 5.75 Å². The lowest BCUT2D eigenvalue weighted by atomic mass is 10.1. The molecule has 0 spiro atoms. The fourth-order valence-corrected chi connectivity index (χ4v) is 2.43. The van der Waals surface area contributed by atoms with Gasteiger partial charge in [-0.2, -0.15) is 5.10 Å². The first-order valence-corrected chi connectivity index (χ1v) is 9.59. The van der Waals surface area contributed by atoms with E-state index in [2.05, 4.69) is 12.0 Å². The van der Waals surface area contributed by atoms with Gasteiger partial charge in [-0.15, -0.1) is 0 Å². The van der Waals surface area contributed by atoms with Crippen LogP contribution in [0.1, 0.15) is 51.0 Å². The average molecular weight is 362 g/mol. The fourth-order valence-electron chi connectivity index (χ4n) is 2.43. The number of unbranched alkanes of at least 4 members (excludes halogenated alkanes) is 5. The minimum Gasteiger partial charge on any atom is -0.494 e. The molecule has 0 atom stereocenters. The molecule has 0 aliphatic rings. The topological polar surface area (TPSA) is 105 Å². The highest BCUT2D eigenvalue weighted by Gasteiger charge is 1.95. The van der Waals surface area contributed by atoms with Gasteiger partial charge in [-0.3, -0.25) is 4.68 Å². The van der Waals surface area contributed by atoms with Crippen LogP contribution in [0, 0.1) is 0 Å². The molecule has 0 unspecified atom stereocenters. The number of aromatic nitrogens is 2. The Morgan fingerprint density at radius 2 is 1.69 bits per heavy atom. The molecule has 2 aromatic rings. The van der Waals surface area contributed by atoms with Crippen molar-refractivity contribution in [3.63, 3.8) is 0 Å². The van der Waals surface area contributed by atoms with Crippen molar-refractivity contribution < 1.29 is 4.74 Å². The quantitative estimate of drug-likeness (QED) is 0.533. The number of nitrogen functional groups attached to an aromatic ring is 1. The third-order valence-electron chi connectivity index (χ3n) is 3.94. The van der Waals surface area contributed by atoms with Gasteiger partial charge in [0.25, 0.3) is 0 Å². The minimum atomic E-state index is 0.595. The lowest BCUT2D eigenvalue weighted by Crippen LogP contribution is -2.09. The number of ether oxygens (including phenoxy) is 1. The number of anilines is 1. The summed E-state index contributed by atoms with van der Waals surface area (Å²) in [4.78, 5) is 0. The highest BCUT2D eigenvalue weighted by molar-refractivity contribution is 5.30. The van der Waals surface area contributed by atoms with Crippen molar-refractivity contribution in [2.45, 2.75) is 58.5 Å². The van der Waals surface area contributed by atoms with E-state index >= 15 is 0 Å². The molecule has 1 aromatic carbocycles. The Labute approximate surface area is 157 Å². The van der Waals surface area contributed by atoms with Gasteiger partial charge in [-0.25, -0.2) is 0 Å². The summed E-state index contributed by atoms with van der Waals surface area (Å²) in [7, 11) is 0. The smallest absolute Gasteiger partial charge is 0.119 e. The third kappa shape index (κ3) is 10.1. The molecule has 1 heterocycles. The molecule has 0 radical (unpaired) electrons. The van der Waals surface area contributed by atoms with Gasteiger partial charge in [0.2, 0.25) is 0 Å². The van der Waals surface area contributed by atoms with Crippen molar-refractivity contribution in [1.82, 2.24) is 9.78 Å². The molecule has 6 nitrogen and oxygen atoms in total. The van der Waals surface area contributed by atoms with E-state index in [9.17, 15) is 0 Å². The van der Waals surface area contributed by atoms with E-state index in [0.29, 0.717) is 18.8 Å². The highest BCUT2D eigenvalue weighted by atomic mass is 16.5. The van der Waals surface area contributed by atoms with Crippen LogP contribution in [-0.2, 0) is 13.1 Å². The lowest BCUT2D eigenvalue weighted by molar-refractivity contribution is 0.304. The average Bonchev–Trinajstić information content (AvgIpc) is 3.07. The number of hydrogen-bond donors (Lipinski definition) is 3. The van der Waals surface area contributed by atoms with Crippen molar-refractivity contribution >= 4 is 5.69 Å². The van der Waals surface area contributed by atoms with Crippen molar-refractivity contribution in [2.75, 3.05) is 18.9 Å². The van der Waals surface area contributed by atoms with Crippen molar-refractivity contribution in [2.24, 2.45) is 11.5 Å². The molecule has 1 aromatic heterocycles. The summed E-state index contributed by atoms with van der Waals surface area (Å²) in [6.07, 6.45) is 11.2. The Balaban J connectivity index is 0.000000314. The molecule has 146 valence electrons. The molecule has 0 bridgehead atoms. The molecule has 0 saturated carbocycles. The van der Waals surface area contributed by atoms with Gasteiger partial charge >= 0.3 is 0 Å². The van der Waals surface area contributed by atoms with Crippen LogP contribution >= 0.6 is 0 Å². The molecule has 26 heavy (non-hydrogen) atoms. The molecular formula is C20H35N5O. The Hall–Kier alpha value is -2.05. The van der Waals surface area contributed by atoms with Crippen LogP contribution in [0.25, 0.3) is 0 Å². The normalized spacial score (nSPS) is 10.3. The second kappa shape index (κ2) is 14.2. The first kappa shape index (κ1) is 22.0. The van der Waals surface area contributed by atoms with Crippen LogP contribution in [0.5, 0.6) is 5.75 Å². The molecule has 0 aliphatic heterocycles. The number of hydrogen-bond acceptors (Lipinski definition) is 5. The second-order valence-corrected chi connectivity index (χ2v) is 6.29. The van der Waals surface area contributed by atoms with Gasteiger partial charge in [-0.05, 0) is 24.1 Å². The number of benzene rings is 1. The van der Waals surface area contributed by atoms with Crippen LogP contribution in [0.2, 0.25) is 0 Å². The van der Waals surface area contributed by atoms with Gasteiger partial charge in [-0.1, -0.05) is 51.2 Å². The number of nitrogens with zero attached hydrogens (tertiary/aromatic N) is 2. The zero-order chi connectivity index (χ0) is 19.0. The highest BCUT2D eigenvalue weighted by Crippen LogP contribution is 2.13. The molecule has 6 N–H and O–H groups in total. The zero-order valence-electron chi connectivity index (χ0n) is 16.1. The van der Waals surface area contributed by atoms with Crippen LogP contribution in [0.4, 0.5) is 5.69 Å². The van der Waals surface area contributed by atoms with Gasteiger partial charge in [0.05, 0.1) is 25.0 Å². The maximum atomic E-state index is 5.67. The van der Waals surface area contributed by atoms with E-state index in [1.807, 2.05) is 24.3 Å². The Bertz CT molecular complexity index is 568. The van der Waals surface area contributed by atoms with Gasteiger partial charge in [0.15, 0.2) is 0 Å². The summed E-state index contributed by atoms with van der Waals surface area (Å²) in [6.45, 7) is 5.00.